The third-order valence-corrected chi connectivity index (χ3v) is 2.50. The number of alkyl halides is 2. The third kappa shape index (κ3) is 3.16. The first-order valence-corrected chi connectivity index (χ1v) is 5.80. The average Bonchev–Trinajstić information content (AvgIpc) is 2.90. The van der Waals surface area contributed by atoms with E-state index in [1.54, 1.807) is 36.4 Å². The summed E-state index contributed by atoms with van der Waals surface area (Å²) in [7, 11) is 0. The summed E-state index contributed by atoms with van der Waals surface area (Å²) in [6.07, 6.45) is 2.03. The molecule has 4 heteroatoms. The summed E-state index contributed by atoms with van der Waals surface area (Å²) < 4.78 is 33.2. The zero-order valence-electron chi connectivity index (χ0n) is 10.2. The van der Waals surface area contributed by atoms with Gasteiger partial charge >= 0.3 is 0 Å². The number of hydrogen-bond donors (Lipinski definition) is 0. The molecule has 0 saturated heterocycles. The molecule has 0 N–H and O–H groups in total. The molecular formula is C15H13F2NO. The quantitative estimate of drug-likeness (QED) is 0.570. The normalized spacial score (nSPS) is 12.4. The molecule has 0 saturated carbocycles. The van der Waals surface area contributed by atoms with Gasteiger partial charge in [0.25, 0.3) is 5.92 Å². The molecule has 0 fully saturated rings. The van der Waals surface area contributed by atoms with Crippen molar-refractivity contribution in [3.05, 3.63) is 67.1 Å². The highest BCUT2D eigenvalue weighted by Gasteiger charge is 2.37. The van der Waals surface area contributed by atoms with Crippen LogP contribution in [0, 0.1) is 0 Å². The summed E-state index contributed by atoms with van der Waals surface area (Å²) >= 11 is 0. The number of halogens is 2. The molecule has 0 aliphatic carbocycles. The fourth-order valence-corrected chi connectivity index (χ4v) is 1.64. The Labute approximate surface area is 110 Å². The average molecular weight is 261 g/mol. The van der Waals surface area contributed by atoms with Crippen LogP contribution in [0.25, 0.3) is 0 Å². The van der Waals surface area contributed by atoms with Crippen molar-refractivity contribution >= 4 is 11.4 Å². The van der Waals surface area contributed by atoms with Gasteiger partial charge in [-0.15, -0.1) is 6.58 Å². The van der Waals surface area contributed by atoms with Gasteiger partial charge in [0.2, 0.25) is 0 Å². The number of hydrogen-bond acceptors (Lipinski definition) is 2. The maximum Gasteiger partial charge on any atom is 0.296 e. The number of aliphatic imine (C=N–C) groups is 1. The summed E-state index contributed by atoms with van der Waals surface area (Å²) in [5.74, 6) is -3.05. The zero-order chi connectivity index (χ0) is 13.7. The Morgan fingerprint density at radius 3 is 2.53 bits per heavy atom. The van der Waals surface area contributed by atoms with Crippen LogP contribution in [0.5, 0.6) is 0 Å². The largest absolute Gasteiger partial charge is 0.463 e. The zero-order valence-corrected chi connectivity index (χ0v) is 10.2. The minimum atomic E-state index is -3.12. The van der Waals surface area contributed by atoms with Gasteiger partial charge in [-0.25, -0.2) is 4.99 Å². The third-order valence-electron chi connectivity index (χ3n) is 2.50. The molecule has 2 nitrogen and oxygen atoms in total. The highest BCUT2D eigenvalue weighted by molar-refractivity contribution is 6.04. The topological polar surface area (TPSA) is 25.5 Å². The van der Waals surface area contributed by atoms with Crippen LogP contribution in [-0.2, 0) is 0 Å². The van der Waals surface area contributed by atoms with Gasteiger partial charge in [0.15, 0.2) is 11.5 Å². The minimum Gasteiger partial charge on any atom is -0.463 e. The summed E-state index contributed by atoms with van der Waals surface area (Å²) in [4.78, 5) is 4.02. The van der Waals surface area contributed by atoms with E-state index in [9.17, 15) is 8.78 Å². The van der Waals surface area contributed by atoms with Crippen LogP contribution < -0.4 is 0 Å². The van der Waals surface area contributed by atoms with Gasteiger partial charge in [-0.2, -0.15) is 8.78 Å². The van der Waals surface area contributed by atoms with Gasteiger partial charge in [-0.05, 0) is 24.3 Å². The second-order valence-electron chi connectivity index (χ2n) is 3.97. The predicted octanol–water partition coefficient (Wildman–Crippen LogP) is 4.61. The van der Waals surface area contributed by atoms with Crippen molar-refractivity contribution in [3.8, 4) is 0 Å². The van der Waals surface area contributed by atoms with Gasteiger partial charge in [0.05, 0.1) is 12.0 Å². The first kappa shape index (κ1) is 13.2. The molecule has 0 bridgehead atoms. The highest BCUT2D eigenvalue weighted by atomic mass is 19.3. The summed E-state index contributed by atoms with van der Waals surface area (Å²) in [5, 5.41) is 0. The van der Waals surface area contributed by atoms with E-state index in [-0.39, 0.29) is 11.5 Å². The number of para-hydroxylation sites is 1. The van der Waals surface area contributed by atoms with Crippen LogP contribution in [0.15, 0.2) is 70.8 Å². The molecule has 98 valence electrons. The van der Waals surface area contributed by atoms with Crippen LogP contribution in [-0.4, -0.2) is 11.6 Å². The Morgan fingerprint density at radius 2 is 1.95 bits per heavy atom. The standard InChI is InChI=1S/C15H13F2NO/c1-2-10-15(16,17)14(13-9-6-11-19-13)18-12-7-4-3-5-8-12/h2-9,11H,1,10H2. The second kappa shape index (κ2) is 5.61. The Balaban J connectivity index is 2.46. The van der Waals surface area contributed by atoms with E-state index in [0.717, 1.165) is 0 Å². The number of benzene rings is 1. The molecule has 1 heterocycles. The molecule has 0 amide bonds. The lowest BCUT2D eigenvalue weighted by Crippen LogP contribution is -2.28. The predicted molar refractivity (Wildman–Crippen MR) is 71.1 cm³/mol. The lowest BCUT2D eigenvalue weighted by molar-refractivity contribution is 0.0811. The van der Waals surface area contributed by atoms with E-state index in [4.69, 9.17) is 4.42 Å². The van der Waals surface area contributed by atoms with Gasteiger partial charge in [-0.1, -0.05) is 24.3 Å². The van der Waals surface area contributed by atoms with Crippen molar-refractivity contribution in [1.82, 2.24) is 0 Å². The number of rotatable bonds is 5. The van der Waals surface area contributed by atoms with E-state index < -0.39 is 12.3 Å². The summed E-state index contributed by atoms with van der Waals surface area (Å²) in [6, 6.07) is 11.6. The van der Waals surface area contributed by atoms with E-state index in [1.807, 2.05) is 0 Å². The minimum absolute atomic E-state index is 0.0655. The summed E-state index contributed by atoms with van der Waals surface area (Å²) in [5.41, 5.74) is 0.0706. The van der Waals surface area contributed by atoms with Crippen molar-refractivity contribution in [2.45, 2.75) is 12.3 Å². The number of furan rings is 1. The molecule has 0 aliphatic heterocycles. The van der Waals surface area contributed by atoms with Crippen molar-refractivity contribution in [2.24, 2.45) is 4.99 Å². The highest BCUT2D eigenvalue weighted by Crippen LogP contribution is 2.28. The van der Waals surface area contributed by atoms with Crippen molar-refractivity contribution in [2.75, 3.05) is 0 Å². The Kier molecular flexibility index (Phi) is 3.90. The van der Waals surface area contributed by atoms with Crippen LogP contribution in [0.2, 0.25) is 0 Å². The maximum absolute atomic E-state index is 14.1. The first-order chi connectivity index (χ1) is 9.13. The SMILES string of the molecule is C=CCC(F)(F)C(=Nc1ccccc1)c1ccco1. The lowest BCUT2D eigenvalue weighted by atomic mass is 10.1. The van der Waals surface area contributed by atoms with E-state index in [1.165, 1.54) is 18.4 Å². The van der Waals surface area contributed by atoms with Crippen LogP contribution in [0.3, 0.4) is 0 Å². The van der Waals surface area contributed by atoms with E-state index in [0.29, 0.717) is 5.69 Å². The molecule has 19 heavy (non-hydrogen) atoms. The Morgan fingerprint density at radius 1 is 1.21 bits per heavy atom. The Bertz CT molecular complexity index is 559. The van der Waals surface area contributed by atoms with Crippen molar-refractivity contribution in [3.63, 3.8) is 0 Å². The Hall–Kier alpha value is -2.23. The molecular weight excluding hydrogens is 248 g/mol. The van der Waals surface area contributed by atoms with Crippen LogP contribution in [0.4, 0.5) is 14.5 Å². The van der Waals surface area contributed by atoms with Crippen LogP contribution in [0.1, 0.15) is 12.2 Å². The molecule has 0 aliphatic rings. The molecule has 1 aromatic heterocycles. The van der Waals surface area contributed by atoms with Crippen molar-refractivity contribution < 1.29 is 13.2 Å². The molecule has 0 atom stereocenters. The number of allylic oxidation sites excluding steroid dienone is 1. The lowest BCUT2D eigenvalue weighted by Gasteiger charge is -2.15. The molecule has 0 spiro atoms. The monoisotopic (exact) mass is 261 g/mol. The van der Waals surface area contributed by atoms with Crippen molar-refractivity contribution in [1.29, 1.82) is 0 Å². The fourth-order valence-electron chi connectivity index (χ4n) is 1.64. The first-order valence-electron chi connectivity index (χ1n) is 5.80. The van der Waals surface area contributed by atoms with Gasteiger partial charge in [0, 0.05) is 6.42 Å². The fraction of sp³-hybridized carbons (Fsp3) is 0.133. The maximum atomic E-state index is 14.1. The summed E-state index contributed by atoms with van der Waals surface area (Å²) in [6.45, 7) is 3.35. The van der Waals surface area contributed by atoms with E-state index in [2.05, 4.69) is 11.6 Å². The smallest absolute Gasteiger partial charge is 0.296 e. The van der Waals surface area contributed by atoms with E-state index >= 15 is 0 Å². The molecule has 0 unspecified atom stereocenters. The van der Waals surface area contributed by atoms with Gasteiger partial charge in [0.1, 0.15) is 0 Å². The second-order valence-corrected chi connectivity index (χ2v) is 3.97. The molecule has 1 aromatic carbocycles. The van der Waals surface area contributed by atoms with Gasteiger partial charge < -0.3 is 4.42 Å². The van der Waals surface area contributed by atoms with Gasteiger partial charge in [-0.3, -0.25) is 0 Å². The molecule has 2 aromatic rings. The number of nitrogens with zero attached hydrogens (tertiary/aromatic N) is 1. The molecule has 2 rings (SSSR count). The molecule has 0 radical (unpaired) electrons. The van der Waals surface area contributed by atoms with Crippen LogP contribution >= 0.6 is 0 Å².